The van der Waals surface area contributed by atoms with Crippen molar-refractivity contribution >= 4 is 11.6 Å². The van der Waals surface area contributed by atoms with E-state index < -0.39 is 0 Å². The summed E-state index contributed by atoms with van der Waals surface area (Å²) in [5, 5.41) is 6.31. The number of amides is 1. The molecule has 0 fully saturated rings. The standard InChI is InChI=1S/C17H29N3O/c1-5-9-18-12-15-7-8-16(14(3)11-15)20(4)13-17(21)19-10-6-2/h7-8,11,18H,5-6,9-10,12-13H2,1-4H3,(H,19,21). The zero-order chi connectivity index (χ0) is 15.7. The number of rotatable bonds is 9. The van der Waals surface area contributed by atoms with Crippen molar-refractivity contribution in [3.05, 3.63) is 29.3 Å². The van der Waals surface area contributed by atoms with Crippen molar-refractivity contribution in [2.24, 2.45) is 0 Å². The number of anilines is 1. The minimum Gasteiger partial charge on any atom is -0.365 e. The van der Waals surface area contributed by atoms with Crippen LogP contribution >= 0.6 is 0 Å². The van der Waals surface area contributed by atoms with E-state index in [9.17, 15) is 4.79 Å². The van der Waals surface area contributed by atoms with Crippen LogP contribution in [-0.2, 0) is 11.3 Å². The Kier molecular flexibility index (Phi) is 7.83. The smallest absolute Gasteiger partial charge is 0.239 e. The lowest BCUT2D eigenvalue weighted by molar-refractivity contribution is -0.119. The number of carbonyl (C=O) groups excluding carboxylic acids is 1. The molecule has 0 heterocycles. The van der Waals surface area contributed by atoms with Crippen LogP contribution in [0.15, 0.2) is 18.2 Å². The Balaban J connectivity index is 2.59. The molecule has 4 nitrogen and oxygen atoms in total. The van der Waals surface area contributed by atoms with E-state index in [0.29, 0.717) is 6.54 Å². The monoisotopic (exact) mass is 291 g/mol. The molecule has 21 heavy (non-hydrogen) atoms. The van der Waals surface area contributed by atoms with Gasteiger partial charge in [0.05, 0.1) is 6.54 Å². The summed E-state index contributed by atoms with van der Waals surface area (Å²) in [7, 11) is 1.96. The van der Waals surface area contributed by atoms with Crippen molar-refractivity contribution in [3.8, 4) is 0 Å². The maximum absolute atomic E-state index is 11.8. The second kappa shape index (κ2) is 9.40. The maximum atomic E-state index is 11.8. The summed E-state index contributed by atoms with van der Waals surface area (Å²) >= 11 is 0. The molecule has 0 aromatic heterocycles. The first-order valence-corrected chi connectivity index (χ1v) is 7.86. The van der Waals surface area contributed by atoms with Crippen LogP contribution in [0.1, 0.15) is 37.8 Å². The third-order valence-corrected chi connectivity index (χ3v) is 3.38. The highest BCUT2D eigenvalue weighted by molar-refractivity contribution is 5.81. The number of likely N-dealkylation sites (N-methyl/N-ethyl adjacent to an activating group) is 1. The second-order valence-corrected chi connectivity index (χ2v) is 5.50. The Bertz CT molecular complexity index is 446. The predicted octanol–water partition coefficient (Wildman–Crippen LogP) is 2.46. The molecule has 0 unspecified atom stereocenters. The maximum Gasteiger partial charge on any atom is 0.239 e. The summed E-state index contributed by atoms with van der Waals surface area (Å²) < 4.78 is 0. The number of nitrogens with zero attached hydrogens (tertiary/aromatic N) is 1. The fraction of sp³-hybridized carbons (Fsp3) is 0.588. The fourth-order valence-electron chi connectivity index (χ4n) is 2.29. The lowest BCUT2D eigenvalue weighted by Gasteiger charge is -2.21. The van der Waals surface area contributed by atoms with E-state index in [4.69, 9.17) is 0 Å². The van der Waals surface area contributed by atoms with E-state index in [1.54, 1.807) is 0 Å². The lowest BCUT2D eigenvalue weighted by Crippen LogP contribution is -2.35. The molecule has 0 saturated heterocycles. The molecule has 1 amide bonds. The number of nitrogens with one attached hydrogen (secondary N) is 2. The summed E-state index contributed by atoms with van der Waals surface area (Å²) in [6, 6.07) is 6.43. The topological polar surface area (TPSA) is 44.4 Å². The molecule has 0 saturated carbocycles. The molecule has 4 heteroatoms. The summed E-state index contributed by atoms with van der Waals surface area (Å²) in [5.41, 5.74) is 3.60. The SMILES string of the molecule is CCCNCc1ccc(N(C)CC(=O)NCCC)c(C)c1. The van der Waals surface area contributed by atoms with Gasteiger partial charge in [-0.25, -0.2) is 0 Å². The van der Waals surface area contributed by atoms with Crippen LogP contribution < -0.4 is 15.5 Å². The third-order valence-electron chi connectivity index (χ3n) is 3.38. The van der Waals surface area contributed by atoms with E-state index in [1.807, 2.05) is 11.9 Å². The average molecular weight is 291 g/mol. The van der Waals surface area contributed by atoms with E-state index in [2.05, 4.69) is 49.6 Å². The quantitative estimate of drug-likeness (QED) is 0.687. The van der Waals surface area contributed by atoms with Gasteiger partial charge in [-0.15, -0.1) is 0 Å². The molecule has 0 aliphatic carbocycles. The molecule has 0 aliphatic rings. The minimum absolute atomic E-state index is 0.0763. The van der Waals surface area contributed by atoms with Gasteiger partial charge in [-0.3, -0.25) is 4.79 Å². The molecule has 0 aliphatic heterocycles. The van der Waals surface area contributed by atoms with Crippen LogP contribution in [0, 0.1) is 6.92 Å². The van der Waals surface area contributed by atoms with Gasteiger partial charge in [-0.1, -0.05) is 26.0 Å². The van der Waals surface area contributed by atoms with Gasteiger partial charge in [0, 0.05) is 25.8 Å². The molecule has 118 valence electrons. The van der Waals surface area contributed by atoms with Gasteiger partial charge in [-0.2, -0.15) is 0 Å². The van der Waals surface area contributed by atoms with Gasteiger partial charge in [0.25, 0.3) is 0 Å². The number of carbonyl (C=O) groups is 1. The number of benzene rings is 1. The number of hydrogen-bond acceptors (Lipinski definition) is 3. The summed E-state index contributed by atoms with van der Waals surface area (Å²) in [6.45, 7) is 9.40. The van der Waals surface area contributed by atoms with Crippen molar-refractivity contribution in [1.29, 1.82) is 0 Å². The van der Waals surface area contributed by atoms with Crippen LogP contribution in [0.4, 0.5) is 5.69 Å². The van der Waals surface area contributed by atoms with Crippen molar-refractivity contribution < 1.29 is 4.79 Å². The number of aryl methyl sites for hydroxylation is 1. The van der Waals surface area contributed by atoms with Gasteiger partial charge in [-0.05, 0) is 43.5 Å². The van der Waals surface area contributed by atoms with Gasteiger partial charge in [0.1, 0.15) is 0 Å². The molecular weight excluding hydrogens is 262 g/mol. The molecule has 0 radical (unpaired) electrons. The lowest BCUT2D eigenvalue weighted by atomic mass is 10.1. The highest BCUT2D eigenvalue weighted by Crippen LogP contribution is 2.20. The molecule has 1 rings (SSSR count). The molecular formula is C17H29N3O. The molecule has 2 N–H and O–H groups in total. The van der Waals surface area contributed by atoms with Gasteiger partial charge in [0.2, 0.25) is 5.91 Å². The Morgan fingerprint density at radius 3 is 2.52 bits per heavy atom. The predicted molar refractivity (Wildman–Crippen MR) is 89.7 cm³/mol. The van der Waals surface area contributed by atoms with E-state index in [1.165, 1.54) is 11.1 Å². The first kappa shape index (κ1) is 17.5. The highest BCUT2D eigenvalue weighted by Gasteiger charge is 2.09. The zero-order valence-corrected chi connectivity index (χ0v) is 13.8. The molecule has 0 spiro atoms. The minimum atomic E-state index is 0.0763. The van der Waals surface area contributed by atoms with E-state index in [-0.39, 0.29) is 5.91 Å². The van der Waals surface area contributed by atoms with Gasteiger partial charge >= 0.3 is 0 Å². The first-order valence-electron chi connectivity index (χ1n) is 7.86. The van der Waals surface area contributed by atoms with E-state index >= 15 is 0 Å². The van der Waals surface area contributed by atoms with Gasteiger partial charge < -0.3 is 15.5 Å². The van der Waals surface area contributed by atoms with Crippen LogP contribution in [-0.4, -0.2) is 32.6 Å². The van der Waals surface area contributed by atoms with Crippen molar-refractivity contribution in [1.82, 2.24) is 10.6 Å². The average Bonchev–Trinajstić information content (AvgIpc) is 2.45. The largest absolute Gasteiger partial charge is 0.365 e. The Hall–Kier alpha value is -1.55. The Morgan fingerprint density at radius 2 is 1.90 bits per heavy atom. The Labute approximate surface area is 128 Å². The van der Waals surface area contributed by atoms with E-state index in [0.717, 1.165) is 38.2 Å². The van der Waals surface area contributed by atoms with Crippen LogP contribution in [0.2, 0.25) is 0 Å². The van der Waals surface area contributed by atoms with Crippen molar-refractivity contribution in [3.63, 3.8) is 0 Å². The molecule has 0 bridgehead atoms. The number of hydrogen-bond donors (Lipinski definition) is 2. The normalized spacial score (nSPS) is 10.5. The third kappa shape index (κ3) is 6.17. The second-order valence-electron chi connectivity index (χ2n) is 5.50. The van der Waals surface area contributed by atoms with Crippen molar-refractivity contribution in [2.45, 2.75) is 40.2 Å². The fourth-order valence-corrected chi connectivity index (χ4v) is 2.29. The van der Waals surface area contributed by atoms with Crippen molar-refractivity contribution in [2.75, 3.05) is 31.6 Å². The van der Waals surface area contributed by atoms with Crippen LogP contribution in [0.25, 0.3) is 0 Å². The highest BCUT2D eigenvalue weighted by atomic mass is 16.2. The first-order chi connectivity index (χ1) is 10.1. The molecule has 1 aromatic rings. The zero-order valence-electron chi connectivity index (χ0n) is 13.8. The summed E-state index contributed by atoms with van der Waals surface area (Å²) in [4.78, 5) is 13.8. The molecule has 1 aromatic carbocycles. The van der Waals surface area contributed by atoms with Crippen LogP contribution in [0.3, 0.4) is 0 Å². The molecule has 0 atom stereocenters. The summed E-state index contributed by atoms with van der Waals surface area (Å²) in [6.07, 6.45) is 2.11. The summed E-state index contributed by atoms with van der Waals surface area (Å²) in [5.74, 6) is 0.0763. The van der Waals surface area contributed by atoms with Gasteiger partial charge in [0.15, 0.2) is 0 Å². The van der Waals surface area contributed by atoms with Crippen LogP contribution in [0.5, 0.6) is 0 Å². The Morgan fingerprint density at radius 1 is 1.19 bits per heavy atom.